The van der Waals surface area contributed by atoms with Crippen LogP contribution in [-0.4, -0.2) is 30.2 Å². The minimum Gasteiger partial charge on any atom is -0.395 e. The SMILES string of the molecule is CCC(CO)NCC(=O)Nc1ccc(F)cc1. The van der Waals surface area contributed by atoms with Gasteiger partial charge in [0, 0.05) is 11.7 Å². The zero-order valence-electron chi connectivity index (χ0n) is 9.74. The van der Waals surface area contributed by atoms with Crippen molar-refractivity contribution in [1.29, 1.82) is 0 Å². The molecular formula is C12H17FN2O2. The predicted molar refractivity (Wildman–Crippen MR) is 64.2 cm³/mol. The van der Waals surface area contributed by atoms with Gasteiger partial charge in [-0.3, -0.25) is 4.79 Å². The second-order valence-electron chi connectivity index (χ2n) is 3.72. The molecule has 1 unspecified atom stereocenters. The van der Waals surface area contributed by atoms with E-state index in [1.807, 2.05) is 6.92 Å². The summed E-state index contributed by atoms with van der Waals surface area (Å²) in [5.41, 5.74) is 0.551. The van der Waals surface area contributed by atoms with Crippen molar-refractivity contribution >= 4 is 11.6 Å². The number of anilines is 1. The number of halogens is 1. The van der Waals surface area contributed by atoms with Gasteiger partial charge < -0.3 is 15.7 Å². The molecule has 0 saturated carbocycles. The number of hydrogen-bond acceptors (Lipinski definition) is 3. The van der Waals surface area contributed by atoms with E-state index in [9.17, 15) is 9.18 Å². The minimum atomic E-state index is -0.340. The van der Waals surface area contributed by atoms with Crippen LogP contribution >= 0.6 is 0 Å². The fraction of sp³-hybridized carbons (Fsp3) is 0.417. The smallest absolute Gasteiger partial charge is 0.238 e. The zero-order valence-corrected chi connectivity index (χ0v) is 9.74. The number of hydrogen-bond donors (Lipinski definition) is 3. The van der Waals surface area contributed by atoms with Gasteiger partial charge in [0.15, 0.2) is 0 Å². The number of benzene rings is 1. The third-order valence-corrected chi connectivity index (χ3v) is 2.39. The van der Waals surface area contributed by atoms with Gasteiger partial charge in [-0.15, -0.1) is 0 Å². The Morgan fingerprint density at radius 2 is 2.06 bits per heavy atom. The molecular weight excluding hydrogens is 223 g/mol. The lowest BCUT2D eigenvalue weighted by Gasteiger charge is -2.13. The summed E-state index contributed by atoms with van der Waals surface area (Å²) in [6.07, 6.45) is 0.750. The van der Waals surface area contributed by atoms with E-state index in [0.29, 0.717) is 5.69 Å². The van der Waals surface area contributed by atoms with E-state index in [4.69, 9.17) is 5.11 Å². The van der Waals surface area contributed by atoms with Crippen molar-refractivity contribution in [1.82, 2.24) is 5.32 Å². The Bertz CT molecular complexity index is 350. The molecule has 0 bridgehead atoms. The van der Waals surface area contributed by atoms with Crippen LogP contribution in [-0.2, 0) is 4.79 Å². The molecule has 0 aliphatic heterocycles. The van der Waals surface area contributed by atoms with Crippen molar-refractivity contribution in [3.05, 3.63) is 30.1 Å². The Balaban J connectivity index is 2.37. The number of amides is 1. The molecule has 1 amide bonds. The lowest BCUT2D eigenvalue weighted by atomic mass is 10.2. The molecule has 0 heterocycles. The zero-order chi connectivity index (χ0) is 12.7. The van der Waals surface area contributed by atoms with Crippen LogP contribution in [0.15, 0.2) is 24.3 Å². The number of aliphatic hydroxyl groups is 1. The first kappa shape index (κ1) is 13.6. The summed E-state index contributed by atoms with van der Waals surface area (Å²) >= 11 is 0. The van der Waals surface area contributed by atoms with Crippen molar-refractivity contribution in [2.24, 2.45) is 0 Å². The van der Waals surface area contributed by atoms with Gasteiger partial charge in [0.1, 0.15) is 5.82 Å². The second-order valence-corrected chi connectivity index (χ2v) is 3.72. The highest BCUT2D eigenvalue weighted by atomic mass is 19.1. The van der Waals surface area contributed by atoms with Crippen LogP contribution in [0.2, 0.25) is 0 Å². The number of nitrogens with one attached hydrogen (secondary N) is 2. The standard InChI is InChI=1S/C12H17FN2O2/c1-2-10(8-16)14-7-12(17)15-11-5-3-9(13)4-6-11/h3-6,10,14,16H,2,7-8H2,1H3,(H,15,17). The summed E-state index contributed by atoms with van der Waals surface area (Å²) in [6.45, 7) is 2.04. The molecule has 1 atom stereocenters. The minimum absolute atomic E-state index is 0.000326. The van der Waals surface area contributed by atoms with Gasteiger partial charge in [-0.25, -0.2) is 4.39 Å². The molecule has 0 aliphatic carbocycles. The Morgan fingerprint density at radius 3 is 2.59 bits per heavy atom. The summed E-state index contributed by atoms with van der Waals surface area (Å²) in [7, 11) is 0. The lowest BCUT2D eigenvalue weighted by Crippen LogP contribution is -2.37. The quantitative estimate of drug-likeness (QED) is 0.698. The molecule has 0 saturated heterocycles. The van der Waals surface area contributed by atoms with Crippen LogP contribution in [0.1, 0.15) is 13.3 Å². The van der Waals surface area contributed by atoms with Crippen LogP contribution < -0.4 is 10.6 Å². The van der Waals surface area contributed by atoms with Crippen molar-refractivity contribution < 1.29 is 14.3 Å². The first-order valence-electron chi connectivity index (χ1n) is 5.55. The molecule has 0 fully saturated rings. The van der Waals surface area contributed by atoms with E-state index in [0.717, 1.165) is 6.42 Å². The summed E-state index contributed by atoms with van der Waals surface area (Å²) < 4.78 is 12.6. The first-order chi connectivity index (χ1) is 8.15. The second kappa shape index (κ2) is 6.98. The van der Waals surface area contributed by atoms with Gasteiger partial charge in [0.05, 0.1) is 13.2 Å². The van der Waals surface area contributed by atoms with E-state index in [-0.39, 0.29) is 30.9 Å². The highest BCUT2D eigenvalue weighted by Gasteiger charge is 2.07. The van der Waals surface area contributed by atoms with Crippen molar-refractivity contribution in [3.8, 4) is 0 Å². The third kappa shape index (κ3) is 4.93. The molecule has 0 spiro atoms. The molecule has 1 aromatic rings. The largest absolute Gasteiger partial charge is 0.395 e. The van der Waals surface area contributed by atoms with Crippen LogP contribution in [0, 0.1) is 5.82 Å². The van der Waals surface area contributed by atoms with Gasteiger partial charge in [-0.05, 0) is 30.7 Å². The van der Waals surface area contributed by atoms with Crippen molar-refractivity contribution in [3.63, 3.8) is 0 Å². The Labute approximate surface area is 99.8 Å². The van der Waals surface area contributed by atoms with Crippen molar-refractivity contribution in [2.45, 2.75) is 19.4 Å². The number of aliphatic hydroxyl groups excluding tert-OH is 1. The molecule has 0 aromatic heterocycles. The number of rotatable bonds is 6. The van der Waals surface area contributed by atoms with Gasteiger partial charge in [0.25, 0.3) is 0 Å². The molecule has 17 heavy (non-hydrogen) atoms. The van der Waals surface area contributed by atoms with Crippen LogP contribution in [0.4, 0.5) is 10.1 Å². The van der Waals surface area contributed by atoms with Crippen LogP contribution in [0.3, 0.4) is 0 Å². The number of carbonyl (C=O) groups excluding carboxylic acids is 1. The third-order valence-electron chi connectivity index (χ3n) is 2.39. The maximum atomic E-state index is 12.6. The average molecular weight is 240 g/mol. The molecule has 94 valence electrons. The van der Waals surface area contributed by atoms with Crippen molar-refractivity contribution in [2.75, 3.05) is 18.5 Å². The summed E-state index contributed by atoms with van der Waals surface area (Å²) in [4.78, 5) is 11.5. The molecule has 5 heteroatoms. The topological polar surface area (TPSA) is 61.4 Å². The fourth-order valence-electron chi connectivity index (χ4n) is 1.31. The highest BCUT2D eigenvalue weighted by Crippen LogP contribution is 2.07. The Hall–Kier alpha value is -1.46. The van der Waals surface area contributed by atoms with E-state index < -0.39 is 0 Å². The molecule has 1 rings (SSSR count). The number of carbonyl (C=O) groups is 1. The van der Waals surface area contributed by atoms with Gasteiger partial charge >= 0.3 is 0 Å². The summed E-state index contributed by atoms with van der Waals surface area (Å²) in [6, 6.07) is 5.48. The average Bonchev–Trinajstić information content (AvgIpc) is 2.33. The van der Waals surface area contributed by atoms with E-state index in [1.54, 1.807) is 0 Å². The Kier molecular flexibility index (Phi) is 5.59. The maximum Gasteiger partial charge on any atom is 0.238 e. The molecule has 4 nitrogen and oxygen atoms in total. The molecule has 1 aromatic carbocycles. The summed E-state index contributed by atoms with van der Waals surface area (Å²) in [5, 5.41) is 14.5. The maximum absolute atomic E-state index is 12.6. The normalized spacial score (nSPS) is 12.2. The van der Waals surface area contributed by atoms with Crippen LogP contribution in [0.5, 0.6) is 0 Å². The van der Waals surface area contributed by atoms with E-state index >= 15 is 0 Å². The Morgan fingerprint density at radius 1 is 1.41 bits per heavy atom. The highest BCUT2D eigenvalue weighted by molar-refractivity contribution is 5.92. The predicted octanol–water partition coefficient (Wildman–Crippen LogP) is 1.12. The monoisotopic (exact) mass is 240 g/mol. The molecule has 0 aliphatic rings. The summed E-state index contributed by atoms with van der Waals surface area (Å²) in [5.74, 6) is -0.559. The molecule has 3 N–H and O–H groups in total. The van der Waals surface area contributed by atoms with E-state index in [1.165, 1.54) is 24.3 Å². The van der Waals surface area contributed by atoms with Gasteiger partial charge in [-0.1, -0.05) is 6.92 Å². The fourth-order valence-corrected chi connectivity index (χ4v) is 1.31. The first-order valence-corrected chi connectivity index (χ1v) is 5.55. The van der Waals surface area contributed by atoms with Crippen LogP contribution in [0.25, 0.3) is 0 Å². The van der Waals surface area contributed by atoms with E-state index in [2.05, 4.69) is 10.6 Å². The molecule has 0 radical (unpaired) electrons. The van der Waals surface area contributed by atoms with Gasteiger partial charge in [-0.2, -0.15) is 0 Å². The van der Waals surface area contributed by atoms with Gasteiger partial charge in [0.2, 0.25) is 5.91 Å². The lowest BCUT2D eigenvalue weighted by molar-refractivity contribution is -0.115.